The molecule has 0 aliphatic carbocycles. The third kappa shape index (κ3) is 3.50. The first-order valence-electron chi connectivity index (χ1n) is 3.33. The molecule has 0 aliphatic heterocycles. The Bertz CT molecular complexity index is 207. The summed E-state index contributed by atoms with van der Waals surface area (Å²) in [6.07, 6.45) is 0.590. The molecule has 0 rings (SSSR count). The molecule has 0 saturated heterocycles. The Hall–Kier alpha value is -0.870. The first-order valence-corrected chi connectivity index (χ1v) is 3.71. The molecule has 0 saturated carbocycles. The first kappa shape index (κ1) is 11.1. The summed E-state index contributed by atoms with van der Waals surface area (Å²) >= 11 is 5.40. The largest absolute Gasteiger partial charge is 0.482 e. The molecule has 0 aromatic rings. The second-order valence-corrected chi connectivity index (χ2v) is 2.67. The van der Waals surface area contributed by atoms with Crippen LogP contribution in [0.2, 0.25) is 0 Å². The van der Waals surface area contributed by atoms with Crippen LogP contribution in [0.3, 0.4) is 0 Å². The van der Waals surface area contributed by atoms with Gasteiger partial charge in [-0.05, 0) is 13.0 Å². The summed E-state index contributed by atoms with van der Waals surface area (Å²) in [7, 11) is 1.40. The fourth-order valence-electron chi connectivity index (χ4n) is 0.664. The van der Waals surface area contributed by atoms with Gasteiger partial charge in [0, 0.05) is 5.57 Å². The number of hydrogen-bond acceptors (Lipinski definition) is 4. The van der Waals surface area contributed by atoms with Gasteiger partial charge in [0.15, 0.2) is 5.88 Å². The van der Waals surface area contributed by atoms with Crippen molar-refractivity contribution in [2.45, 2.75) is 13.0 Å². The quantitative estimate of drug-likeness (QED) is 0.340. The van der Waals surface area contributed by atoms with Crippen LogP contribution < -0.4 is 11.5 Å². The molecule has 0 spiro atoms. The summed E-state index contributed by atoms with van der Waals surface area (Å²) in [4.78, 5) is 0. The lowest BCUT2D eigenvalue weighted by molar-refractivity contribution is 0.215. The van der Waals surface area contributed by atoms with Crippen molar-refractivity contribution in [1.82, 2.24) is 0 Å². The fraction of sp³-hybridized carbons (Fsp3) is 0.429. The number of aliphatic hydroxyl groups excluding tert-OH is 1. The van der Waals surface area contributed by atoms with E-state index in [4.69, 9.17) is 27.8 Å². The molecule has 1 atom stereocenters. The average molecular weight is 193 g/mol. The number of nitrogens with two attached hydrogens (primary N) is 2. The predicted octanol–water partition coefficient (Wildman–Crippen LogP) is 0.223. The van der Waals surface area contributed by atoms with Crippen molar-refractivity contribution >= 4 is 11.6 Å². The van der Waals surface area contributed by atoms with Gasteiger partial charge in [-0.3, -0.25) is 0 Å². The van der Waals surface area contributed by atoms with Crippen LogP contribution in [0.1, 0.15) is 6.92 Å². The highest BCUT2D eigenvalue weighted by molar-refractivity contribution is 6.29. The van der Waals surface area contributed by atoms with Crippen LogP contribution in [-0.2, 0) is 4.74 Å². The minimum absolute atomic E-state index is 0.0471. The summed E-state index contributed by atoms with van der Waals surface area (Å²) < 4.78 is 4.71. The van der Waals surface area contributed by atoms with Gasteiger partial charge in [-0.25, -0.2) is 0 Å². The molecule has 4 nitrogen and oxygen atoms in total. The molecule has 0 bridgehead atoms. The smallest absolute Gasteiger partial charge is 0.189 e. The van der Waals surface area contributed by atoms with Crippen LogP contribution in [0.25, 0.3) is 0 Å². The lowest BCUT2D eigenvalue weighted by Gasteiger charge is -2.09. The van der Waals surface area contributed by atoms with Crippen LogP contribution >= 0.6 is 11.6 Å². The Balaban J connectivity index is 4.79. The van der Waals surface area contributed by atoms with Gasteiger partial charge in [0.2, 0.25) is 0 Å². The normalized spacial score (nSPS) is 16.8. The number of ether oxygens (including phenoxy) is 1. The lowest BCUT2D eigenvalue weighted by Crippen LogP contribution is -2.13. The maximum Gasteiger partial charge on any atom is 0.189 e. The molecule has 0 radical (unpaired) electrons. The van der Waals surface area contributed by atoms with E-state index in [1.807, 2.05) is 0 Å². The maximum atomic E-state index is 9.19. The van der Waals surface area contributed by atoms with Crippen LogP contribution in [0.4, 0.5) is 0 Å². The lowest BCUT2D eigenvalue weighted by atomic mass is 10.1. The van der Waals surface area contributed by atoms with Gasteiger partial charge in [0.05, 0.1) is 18.4 Å². The molecule has 70 valence electrons. The molecule has 0 fully saturated rings. The van der Waals surface area contributed by atoms with Crippen molar-refractivity contribution in [3.63, 3.8) is 0 Å². The van der Waals surface area contributed by atoms with E-state index in [9.17, 15) is 5.11 Å². The fourth-order valence-corrected chi connectivity index (χ4v) is 0.782. The SMILES string of the molecule is CO/C(N)=C(/C=C(\N)Cl)C(C)O. The Morgan fingerprint density at radius 2 is 2.08 bits per heavy atom. The highest BCUT2D eigenvalue weighted by Crippen LogP contribution is 2.10. The Labute approximate surface area is 76.4 Å². The van der Waals surface area contributed by atoms with Crippen molar-refractivity contribution in [1.29, 1.82) is 0 Å². The highest BCUT2D eigenvalue weighted by Gasteiger charge is 2.08. The monoisotopic (exact) mass is 192 g/mol. The van der Waals surface area contributed by atoms with Gasteiger partial charge in [0.1, 0.15) is 0 Å². The minimum Gasteiger partial charge on any atom is -0.482 e. The number of halogens is 1. The number of aliphatic hydroxyl groups is 1. The van der Waals surface area contributed by atoms with Crippen molar-refractivity contribution in [3.8, 4) is 0 Å². The van der Waals surface area contributed by atoms with Crippen molar-refractivity contribution in [2.24, 2.45) is 11.5 Å². The van der Waals surface area contributed by atoms with Gasteiger partial charge < -0.3 is 21.3 Å². The standard InChI is InChI=1S/C7H13ClN2O2/c1-4(11)5(3-6(8)9)7(10)12-2/h3-4,11H,9-10H2,1-2H3/b6-3-,7-5-. The van der Waals surface area contributed by atoms with Crippen LogP contribution in [-0.4, -0.2) is 18.3 Å². The molecule has 0 heterocycles. The molecule has 0 aromatic heterocycles. The Morgan fingerprint density at radius 1 is 1.58 bits per heavy atom. The second kappa shape index (κ2) is 4.90. The summed E-state index contributed by atoms with van der Waals surface area (Å²) in [5, 5.41) is 9.23. The van der Waals surface area contributed by atoms with Gasteiger partial charge in [0.25, 0.3) is 0 Å². The van der Waals surface area contributed by atoms with Crippen molar-refractivity contribution in [2.75, 3.05) is 7.11 Å². The first-order chi connectivity index (χ1) is 5.49. The van der Waals surface area contributed by atoms with Crippen LogP contribution in [0.5, 0.6) is 0 Å². The topological polar surface area (TPSA) is 81.5 Å². The minimum atomic E-state index is -0.762. The maximum absolute atomic E-state index is 9.19. The molecule has 0 amide bonds. The molecule has 1 unspecified atom stereocenters. The number of hydrogen-bond donors (Lipinski definition) is 3. The molecule has 5 heteroatoms. The molecule has 0 aliphatic rings. The van der Waals surface area contributed by atoms with E-state index >= 15 is 0 Å². The van der Waals surface area contributed by atoms with Crippen molar-refractivity contribution < 1.29 is 9.84 Å². The zero-order chi connectivity index (χ0) is 9.72. The van der Waals surface area contributed by atoms with Gasteiger partial charge in [-0.1, -0.05) is 11.6 Å². The van der Waals surface area contributed by atoms with Crippen LogP contribution in [0.15, 0.2) is 22.7 Å². The highest BCUT2D eigenvalue weighted by atomic mass is 35.5. The molecule has 0 aromatic carbocycles. The Morgan fingerprint density at radius 3 is 2.33 bits per heavy atom. The zero-order valence-electron chi connectivity index (χ0n) is 7.04. The van der Waals surface area contributed by atoms with E-state index in [1.165, 1.54) is 20.1 Å². The van der Waals surface area contributed by atoms with E-state index in [-0.39, 0.29) is 11.0 Å². The Kier molecular flexibility index (Phi) is 4.54. The van der Waals surface area contributed by atoms with Gasteiger partial charge in [-0.2, -0.15) is 0 Å². The van der Waals surface area contributed by atoms with E-state index in [2.05, 4.69) is 0 Å². The molecular formula is C7H13ClN2O2. The van der Waals surface area contributed by atoms with E-state index in [1.54, 1.807) is 0 Å². The summed E-state index contributed by atoms with van der Waals surface area (Å²) in [6.45, 7) is 1.54. The van der Waals surface area contributed by atoms with E-state index in [0.717, 1.165) is 0 Å². The molecular weight excluding hydrogens is 180 g/mol. The number of rotatable bonds is 3. The number of methoxy groups -OCH3 is 1. The third-order valence-electron chi connectivity index (χ3n) is 1.25. The zero-order valence-corrected chi connectivity index (χ0v) is 7.80. The van der Waals surface area contributed by atoms with Gasteiger partial charge >= 0.3 is 0 Å². The molecule has 5 N–H and O–H groups in total. The van der Waals surface area contributed by atoms with Gasteiger partial charge in [-0.15, -0.1) is 0 Å². The molecule has 12 heavy (non-hydrogen) atoms. The summed E-state index contributed by atoms with van der Waals surface area (Å²) in [6, 6.07) is 0. The second-order valence-electron chi connectivity index (χ2n) is 2.23. The van der Waals surface area contributed by atoms with E-state index in [0.29, 0.717) is 5.57 Å². The summed E-state index contributed by atoms with van der Waals surface area (Å²) in [5.41, 5.74) is 11.0. The third-order valence-corrected chi connectivity index (χ3v) is 1.36. The predicted molar refractivity (Wildman–Crippen MR) is 48.0 cm³/mol. The average Bonchev–Trinajstić information content (AvgIpc) is 1.98. The summed E-state index contributed by atoms with van der Waals surface area (Å²) in [5.74, 6) is 0.105. The van der Waals surface area contributed by atoms with Crippen LogP contribution in [0, 0.1) is 0 Å². The van der Waals surface area contributed by atoms with E-state index < -0.39 is 6.10 Å². The van der Waals surface area contributed by atoms with Crippen molar-refractivity contribution in [3.05, 3.63) is 22.7 Å².